The maximum absolute atomic E-state index is 11.1. The van der Waals surface area contributed by atoms with Gasteiger partial charge in [0.1, 0.15) is 5.01 Å². The molecule has 0 aliphatic carbocycles. The molecule has 0 radical (unpaired) electrons. The van der Waals surface area contributed by atoms with Gasteiger partial charge < -0.3 is 15.5 Å². The van der Waals surface area contributed by atoms with Crippen LogP contribution in [0.2, 0.25) is 0 Å². The molecule has 0 spiro atoms. The number of nitrogen functional groups attached to an aromatic ring is 1. The van der Waals surface area contributed by atoms with Crippen LogP contribution < -0.4 is 16.8 Å². The van der Waals surface area contributed by atoms with Crippen LogP contribution in [-0.4, -0.2) is 9.97 Å². The molecule has 1 aromatic carbocycles. The number of hydrogen-bond donors (Lipinski definition) is 3. The number of oxazole rings is 1. The van der Waals surface area contributed by atoms with E-state index < -0.39 is 5.76 Å². The minimum absolute atomic E-state index is 0.0402. The summed E-state index contributed by atoms with van der Waals surface area (Å²) in [6.07, 6.45) is 1.76. The summed E-state index contributed by atoms with van der Waals surface area (Å²) in [5.41, 5.74) is 8.28. The third-order valence-corrected chi connectivity index (χ3v) is 3.74. The van der Waals surface area contributed by atoms with Crippen molar-refractivity contribution < 1.29 is 4.42 Å². The van der Waals surface area contributed by atoms with Crippen molar-refractivity contribution in [1.82, 2.24) is 9.97 Å². The summed E-state index contributed by atoms with van der Waals surface area (Å²) < 4.78 is 4.95. The lowest BCUT2D eigenvalue weighted by molar-refractivity contribution is 0.555. The largest absolute Gasteiger partial charge is 0.417 e. The van der Waals surface area contributed by atoms with Crippen LogP contribution in [0, 0.1) is 0 Å². The third kappa shape index (κ3) is 2.19. The molecule has 7 heteroatoms. The summed E-state index contributed by atoms with van der Waals surface area (Å²) >= 11 is 1.57. The summed E-state index contributed by atoms with van der Waals surface area (Å²) in [6, 6.07) is 3.43. The smallest absolute Gasteiger partial charge is 0.408 e. The molecule has 2 heterocycles. The standard InChI is InChI=1S/C12H12N4O2S/c1-6(11-14-2-3-19-11)15-8-5-9-10(4-7(8)13)18-12(17)16-9/h2-6,15H,13H2,1H3,(H,16,17). The molecule has 3 aromatic rings. The van der Waals surface area contributed by atoms with Crippen LogP contribution in [0.4, 0.5) is 11.4 Å². The molecule has 0 saturated carbocycles. The quantitative estimate of drug-likeness (QED) is 0.638. The van der Waals surface area contributed by atoms with E-state index in [0.717, 1.165) is 10.7 Å². The zero-order valence-electron chi connectivity index (χ0n) is 10.1. The Morgan fingerprint density at radius 2 is 2.37 bits per heavy atom. The Hall–Kier alpha value is -2.28. The van der Waals surface area contributed by atoms with Crippen molar-refractivity contribution in [2.24, 2.45) is 0 Å². The molecule has 19 heavy (non-hydrogen) atoms. The summed E-state index contributed by atoms with van der Waals surface area (Å²) in [5.74, 6) is -0.487. The van der Waals surface area contributed by atoms with Gasteiger partial charge in [-0.25, -0.2) is 9.78 Å². The van der Waals surface area contributed by atoms with Gasteiger partial charge in [0.15, 0.2) is 5.58 Å². The SMILES string of the molecule is CC(Nc1cc2[nH]c(=O)oc2cc1N)c1nccs1. The molecule has 0 bridgehead atoms. The first-order valence-corrected chi connectivity index (χ1v) is 6.60. The number of benzene rings is 1. The fourth-order valence-corrected chi connectivity index (χ4v) is 2.53. The maximum atomic E-state index is 11.1. The molecule has 2 aromatic heterocycles. The Morgan fingerprint density at radius 3 is 3.11 bits per heavy atom. The van der Waals surface area contributed by atoms with Crippen LogP contribution in [0.15, 0.2) is 32.9 Å². The third-order valence-electron chi connectivity index (χ3n) is 2.78. The molecule has 0 aliphatic heterocycles. The number of rotatable bonds is 3. The van der Waals surface area contributed by atoms with Crippen molar-refractivity contribution in [3.63, 3.8) is 0 Å². The zero-order valence-corrected chi connectivity index (χ0v) is 11.0. The minimum Gasteiger partial charge on any atom is -0.408 e. The molecule has 3 rings (SSSR count). The van der Waals surface area contributed by atoms with E-state index in [4.69, 9.17) is 10.2 Å². The van der Waals surface area contributed by atoms with Gasteiger partial charge in [-0.05, 0) is 13.0 Å². The Morgan fingerprint density at radius 1 is 1.53 bits per heavy atom. The second-order valence-electron chi connectivity index (χ2n) is 4.19. The number of H-pyrrole nitrogens is 1. The van der Waals surface area contributed by atoms with E-state index in [1.54, 1.807) is 29.7 Å². The average Bonchev–Trinajstić information content (AvgIpc) is 2.97. The number of nitrogens with zero attached hydrogens (tertiary/aromatic N) is 1. The first-order valence-electron chi connectivity index (χ1n) is 5.72. The summed E-state index contributed by atoms with van der Waals surface area (Å²) in [4.78, 5) is 18.0. The number of anilines is 2. The minimum atomic E-state index is -0.487. The van der Waals surface area contributed by atoms with E-state index in [-0.39, 0.29) is 6.04 Å². The number of aromatic amines is 1. The normalized spacial score (nSPS) is 12.7. The van der Waals surface area contributed by atoms with Crippen molar-refractivity contribution in [3.8, 4) is 0 Å². The molecule has 98 valence electrons. The molecular formula is C12H12N4O2S. The molecule has 4 N–H and O–H groups in total. The predicted molar refractivity (Wildman–Crippen MR) is 75.4 cm³/mol. The van der Waals surface area contributed by atoms with Gasteiger partial charge in [0.05, 0.1) is 22.9 Å². The molecule has 1 atom stereocenters. The van der Waals surface area contributed by atoms with Gasteiger partial charge >= 0.3 is 5.76 Å². The Bertz CT molecular complexity index is 760. The number of thiazole rings is 1. The predicted octanol–water partition coefficient (Wildman–Crippen LogP) is 2.33. The number of nitrogens with two attached hydrogens (primary N) is 1. The maximum Gasteiger partial charge on any atom is 0.417 e. The van der Waals surface area contributed by atoms with Crippen molar-refractivity contribution in [2.75, 3.05) is 11.1 Å². The van der Waals surface area contributed by atoms with Gasteiger partial charge in [-0.15, -0.1) is 11.3 Å². The number of hydrogen-bond acceptors (Lipinski definition) is 6. The van der Waals surface area contributed by atoms with E-state index in [1.165, 1.54) is 0 Å². The number of fused-ring (bicyclic) bond motifs is 1. The molecule has 1 unspecified atom stereocenters. The Kier molecular flexibility index (Phi) is 2.75. The van der Waals surface area contributed by atoms with Crippen molar-refractivity contribution in [1.29, 1.82) is 0 Å². The van der Waals surface area contributed by atoms with E-state index in [9.17, 15) is 4.79 Å². The molecule has 0 fully saturated rings. The summed E-state index contributed by atoms with van der Waals surface area (Å²) in [5, 5.41) is 6.17. The summed E-state index contributed by atoms with van der Waals surface area (Å²) in [7, 11) is 0. The first-order chi connectivity index (χ1) is 9.13. The summed E-state index contributed by atoms with van der Waals surface area (Å²) in [6.45, 7) is 2.00. The first kappa shape index (κ1) is 11.8. The lowest BCUT2D eigenvalue weighted by Crippen LogP contribution is -2.08. The van der Waals surface area contributed by atoms with Crippen LogP contribution in [0.1, 0.15) is 18.0 Å². The number of nitrogens with one attached hydrogen (secondary N) is 2. The van der Waals surface area contributed by atoms with Gasteiger partial charge in [0, 0.05) is 17.6 Å². The highest BCUT2D eigenvalue weighted by Crippen LogP contribution is 2.28. The van der Waals surface area contributed by atoms with Gasteiger partial charge in [0.2, 0.25) is 0 Å². The second-order valence-corrected chi connectivity index (χ2v) is 5.11. The van der Waals surface area contributed by atoms with Crippen LogP contribution in [0.25, 0.3) is 11.1 Å². The zero-order chi connectivity index (χ0) is 13.4. The fraction of sp³-hybridized carbons (Fsp3) is 0.167. The second kappa shape index (κ2) is 4.43. The monoisotopic (exact) mass is 276 g/mol. The highest BCUT2D eigenvalue weighted by atomic mass is 32.1. The van der Waals surface area contributed by atoms with Crippen LogP contribution in [0.3, 0.4) is 0 Å². The van der Waals surface area contributed by atoms with Gasteiger partial charge in [-0.3, -0.25) is 4.98 Å². The molecule has 0 amide bonds. The van der Waals surface area contributed by atoms with Crippen LogP contribution in [0.5, 0.6) is 0 Å². The van der Waals surface area contributed by atoms with E-state index in [0.29, 0.717) is 16.8 Å². The molecule has 0 aliphatic rings. The van der Waals surface area contributed by atoms with Gasteiger partial charge in [0.25, 0.3) is 0 Å². The van der Waals surface area contributed by atoms with Gasteiger partial charge in [-0.1, -0.05) is 0 Å². The fourth-order valence-electron chi connectivity index (χ4n) is 1.88. The topological polar surface area (TPSA) is 96.9 Å². The Labute approximate surface area is 112 Å². The lowest BCUT2D eigenvalue weighted by Gasteiger charge is -2.14. The highest BCUT2D eigenvalue weighted by molar-refractivity contribution is 7.09. The van der Waals surface area contributed by atoms with Gasteiger partial charge in [-0.2, -0.15) is 0 Å². The highest BCUT2D eigenvalue weighted by Gasteiger charge is 2.12. The molecular weight excluding hydrogens is 264 g/mol. The van der Waals surface area contributed by atoms with E-state index in [1.807, 2.05) is 12.3 Å². The molecule has 0 saturated heterocycles. The van der Waals surface area contributed by atoms with Crippen LogP contribution >= 0.6 is 11.3 Å². The van der Waals surface area contributed by atoms with E-state index in [2.05, 4.69) is 15.3 Å². The van der Waals surface area contributed by atoms with Crippen molar-refractivity contribution >= 4 is 33.8 Å². The number of aromatic nitrogens is 2. The van der Waals surface area contributed by atoms with Crippen molar-refractivity contribution in [3.05, 3.63) is 39.3 Å². The average molecular weight is 276 g/mol. The lowest BCUT2D eigenvalue weighted by atomic mass is 10.2. The van der Waals surface area contributed by atoms with Crippen LogP contribution in [-0.2, 0) is 0 Å². The molecule has 6 nitrogen and oxygen atoms in total. The van der Waals surface area contributed by atoms with E-state index >= 15 is 0 Å². The van der Waals surface area contributed by atoms with Crippen molar-refractivity contribution in [2.45, 2.75) is 13.0 Å². The Balaban J connectivity index is 1.96.